The molecule has 0 radical (unpaired) electrons. The Hall–Kier alpha value is -0.490. The fraction of sp³-hybridized carbons (Fsp3) is 0.286. The largest absolute Gasteiger partial charge is 0.574 e. The third-order valence-electron chi connectivity index (χ3n) is 1.18. The third kappa shape index (κ3) is 3.71. The van der Waals surface area contributed by atoms with E-state index in [2.05, 4.69) is 25.7 Å². The molecule has 1 aromatic rings. The van der Waals surface area contributed by atoms with E-state index in [-0.39, 0.29) is 5.02 Å². The van der Waals surface area contributed by atoms with Crippen LogP contribution < -0.4 is 4.74 Å². The number of hydrogen-bond acceptors (Lipinski definition) is 2. The van der Waals surface area contributed by atoms with Crippen molar-refractivity contribution in [3.8, 4) is 5.88 Å². The molecule has 0 amide bonds. The average Bonchev–Trinajstić information content (AvgIpc) is 1.99. The van der Waals surface area contributed by atoms with Gasteiger partial charge in [-0.1, -0.05) is 27.5 Å². The fourth-order valence-corrected chi connectivity index (χ4v) is 1.27. The summed E-state index contributed by atoms with van der Waals surface area (Å²) in [5.74, 6) is -0.556. The number of ether oxygens (including phenoxy) is 1. The minimum atomic E-state index is -4.75. The van der Waals surface area contributed by atoms with Gasteiger partial charge >= 0.3 is 6.36 Å². The number of halogens is 5. The Bertz CT molecular complexity index is 331. The maximum Gasteiger partial charge on any atom is 0.574 e. The van der Waals surface area contributed by atoms with E-state index in [9.17, 15) is 13.2 Å². The van der Waals surface area contributed by atoms with Crippen molar-refractivity contribution in [2.75, 3.05) is 0 Å². The molecule has 0 aliphatic carbocycles. The predicted octanol–water partition coefficient (Wildman–Crippen LogP) is 3.53. The number of pyridine rings is 1. The molecule has 0 bridgehead atoms. The molecule has 78 valence electrons. The Labute approximate surface area is 91.2 Å². The van der Waals surface area contributed by atoms with Crippen LogP contribution in [0.2, 0.25) is 5.02 Å². The van der Waals surface area contributed by atoms with Crippen LogP contribution in [0.1, 0.15) is 5.69 Å². The van der Waals surface area contributed by atoms with Crippen LogP contribution in [0.3, 0.4) is 0 Å². The molecule has 14 heavy (non-hydrogen) atoms. The topological polar surface area (TPSA) is 22.1 Å². The van der Waals surface area contributed by atoms with Crippen LogP contribution >= 0.6 is 27.5 Å². The van der Waals surface area contributed by atoms with Gasteiger partial charge in [-0.05, 0) is 6.07 Å². The monoisotopic (exact) mass is 289 g/mol. The SMILES string of the molecule is FC(F)(F)Oc1cc(Cl)cc(CBr)n1. The predicted molar refractivity (Wildman–Crippen MR) is 48.6 cm³/mol. The third-order valence-corrected chi connectivity index (χ3v) is 1.97. The smallest absolute Gasteiger partial charge is 0.388 e. The maximum atomic E-state index is 11.8. The van der Waals surface area contributed by atoms with E-state index < -0.39 is 12.2 Å². The lowest BCUT2D eigenvalue weighted by molar-refractivity contribution is -0.276. The molecule has 1 heterocycles. The Kier molecular flexibility index (Phi) is 3.60. The number of aromatic nitrogens is 1. The quantitative estimate of drug-likeness (QED) is 0.777. The molecule has 1 rings (SSSR count). The normalized spacial score (nSPS) is 11.5. The van der Waals surface area contributed by atoms with Gasteiger partial charge in [-0.25, -0.2) is 4.98 Å². The zero-order valence-corrected chi connectivity index (χ0v) is 8.95. The van der Waals surface area contributed by atoms with Gasteiger partial charge in [0.2, 0.25) is 5.88 Å². The van der Waals surface area contributed by atoms with Gasteiger partial charge in [0.1, 0.15) is 0 Å². The van der Waals surface area contributed by atoms with Crippen LogP contribution in [0, 0.1) is 0 Å². The van der Waals surface area contributed by atoms with Crippen molar-refractivity contribution in [3.63, 3.8) is 0 Å². The summed E-state index contributed by atoms with van der Waals surface area (Å²) in [4.78, 5) is 3.56. The number of alkyl halides is 4. The van der Waals surface area contributed by atoms with Crippen LogP contribution in [0.5, 0.6) is 5.88 Å². The highest BCUT2D eigenvalue weighted by molar-refractivity contribution is 9.08. The molecule has 0 atom stereocenters. The minimum Gasteiger partial charge on any atom is -0.388 e. The van der Waals surface area contributed by atoms with Crippen molar-refractivity contribution in [3.05, 3.63) is 22.8 Å². The van der Waals surface area contributed by atoms with Crippen LogP contribution in [0.4, 0.5) is 13.2 Å². The van der Waals surface area contributed by atoms with Gasteiger partial charge in [0, 0.05) is 16.4 Å². The van der Waals surface area contributed by atoms with Gasteiger partial charge in [-0.3, -0.25) is 0 Å². The lowest BCUT2D eigenvalue weighted by Crippen LogP contribution is -2.18. The lowest BCUT2D eigenvalue weighted by Gasteiger charge is -2.08. The van der Waals surface area contributed by atoms with E-state index in [0.717, 1.165) is 6.07 Å². The molecule has 7 heteroatoms. The molecule has 0 aliphatic rings. The average molecular weight is 290 g/mol. The van der Waals surface area contributed by atoms with E-state index in [4.69, 9.17) is 11.6 Å². The summed E-state index contributed by atoms with van der Waals surface area (Å²) in [5, 5.41) is 0.454. The molecule has 0 N–H and O–H groups in total. The first-order chi connectivity index (χ1) is 6.40. The van der Waals surface area contributed by atoms with Gasteiger partial charge in [0.25, 0.3) is 0 Å². The van der Waals surface area contributed by atoms with Crippen molar-refractivity contribution >= 4 is 27.5 Å². The van der Waals surface area contributed by atoms with E-state index in [1.165, 1.54) is 6.07 Å². The van der Waals surface area contributed by atoms with Crippen molar-refractivity contribution in [2.24, 2.45) is 0 Å². The van der Waals surface area contributed by atoms with Crippen molar-refractivity contribution in [1.29, 1.82) is 0 Å². The van der Waals surface area contributed by atoms with E-state index in [1.807, 2.05) is 0 Å². The fourth-order valence-electron chi connectivity index (χ4n) is 0.764. The highest BCUT2D eigenvalue weighted by Crippen LogP contribution is 2.24. The Morgan fingerprint density at radius 3 is 2.57 bits per heavy atom. The molecule has 0 spiro atoms. The second kappa shape index (κ2) is 4.35. The minimum absolute atomic E-state index is 0.147. The molecule has 2 nitrogen and oxygen atoms in total. The van der Waals surface area contributed by atoms with Crippen molar-refractivity contribution in [1.82, 2.24) is 4.98 Å². The molecule has 0 saturated carbocycles. The number of rotatable bonds is 2. The number of nitrogens with zero attached hydrogens (tertiary/aromatic N) is 1. The zero-order chi connectivity index (χ0) is 10.8. The van der Waals surface area contributed by atoms with Gasteiger partial charge in [0.05, 0.1) is 5.69 Å². The first-order valence-corrected chi connectivity index (χ1v) is 4.89. The van der Waals surface area contributed by atoms with E-state index in [0.29, 0.717) is 11.0 Å². The summed E-state index contributed by atoms with van der Waals surface area (Å²) in [6, 6.07) is 2.45. The van der Waals surface area contributed by atoms with Crippen LogP contribution in [0.25, 0.3) is 0 Å². The van der Waals surface area contributed by atoms with Gasteiger partial charge in [-0.15, -0.1) is 13.2 Å². The standard InChI is InChI=1S/C7H4BrClF3NO/c8-3-5-1-4(9)2-6(13-5)14-7(10,11)12/h1-2H,3H2. The van der Waals surface area contributed by atoms with E-state index >= 15 is 0 Å². The molecule has 0 unspecified atom stereocenters. The lowest BCUT2D eigenvalue weighted by atomic mass is 10.4. The highest BCUT2D eigenvalue weighted by atomic mass is 79.9. The Morgan fingerprint density at radius 1 is 1.43 bits per heavy atom. The summed E-state index contributed by atoms with van der Waals surface area (Å²) < 4.78 is 39.0. The van der Waals surface area contributed by atoms with E-state index in [1.54, 1.807) is 0 Å². The molecule has 0 aliphatic heterocycles. The second-order valence-electron chi connectivity index (χ2n) is 2.30. The number of hydrogen-bond donors (Lipinski definition) is 0. The summed E-state index contributed by atoms with van der Waals surface area (Å²) in [5.41, 5.74) is 0.372. The van der Waals surface area contributed by atoms with Crippen molar-refractivity contribution in [2.45, 2.75) is 11.7 Å². The zero-order valence-electron chi connectivity index (χ0n) is 6.61. The molecule has 1 aromatic heterocycles. The summed E-state index contributed by atoms with van der Waals surface area (Å²) >= 11 is 8.60. The second-order valence-corrected chi connectivity index (χ2v) is 3.29. The van der Waals surface area contributed by atoms with Crippen LogP contribution in [-0.4, -0.2) is 11.3 Å². The summed E-state index contributed by atoms with van der Waals surface area (Å²) in [7, 11) is 0. The van der Waals surface area contributed by atoms with Gasteiger partial charge in [-0.2, -0.15) is 0 Å². The Balaban J connectivity index is 2.92. The van der Waals surface area contributed by atoms with Crippen LogP contribution in [-0.2, 0) is 5.33 Å². The first kappa shape index (κ1) is 11.6. The van der Waals surface area contributed by atoms with Gasteiger partial charge < -0.3 is 4.74 Å². The molecule has 0 saturated heterocycles. The summed E-state index contributed by atoms with van der Waals surface area (Å²) in [6.07, 6.45) is -4.75. The first-order valence-electron chi connectivity index (χ1n) is 3.39. The maximum absolute atomic E-state index is 11.8. The Morgan fingerprint density at radius 2 is 2.07 bits per heavy atom. The highest BCUT2D eigenvalue weighted by Gasteiger charge is 2.31. The molecular formula is C7H4BrClF3NO. The van der Waals surface area contributed by atoms with Crippen molar-refractivity contribution < 1.29 is 17.9 Å². The molecule has 0 aromatic carbocycles. The molecular weight excluding hydrogens is 286 g/mol. The van der Waals surface area contributed by atoms with Gasteiger partial charge in [0.15, 0.2) is 0 Å². The molecule has 0 fully saturated rings. The summed E-state index contributed by atoms with van der Waals surface area (Å²) in [6.45, 7) is 0. The van der Waals surface area contributed by atoms with Crippen LogP contribution in [0.15, 0.2) is 12.1 Å².